The molecule has 4 heterocycles. The van der Waals surface area contributed by atoms with Gasteiger partial charge >= 0.3 is 0 Å². The van der Waals surface area contributed by atoms with Crippen molar-refractivity contribution in [2.75, 3.05) is 11.4 Å². The van der Waals surface area contributed by atoms with Gasteiger partial charge in [-0.15, -0.1) is 0 Å². The zero-order chi connectivity index (χ0) is 21.9. The van der Waals surface area contributed by atoms with Crippen LogP contribution < -0.4 is 10.5 Å². The fourth-order valence-corrected chi connectivity index (χ4v) is 8.19. The van der Waals surface area contributed by atoms with Crippen LogP contribution in [0.2, 0.25) is 0 Å². The fourth-order valence-electron chi connectivity index (χ4n) is 8.19. The predicted molar refractivity (Wildman–Crippen MR) is 132 cm³/mol. The van der Waals surface area contributed by atoms with Crippen molar-refractivity contribution in [3.8, 4) is 0 Å². The maximum Gasteiger partial charge on any atom is 0.294 e. The number of benzene rings is 1. The van der Waals surface area contributed by atoms with Gasteiger partial charge in [-0.3, -0.25) is 9.69 Å². The molecular formula is C28H36N4O. The van der Waals surface area contributed by atoms with Crippen molar-refractivity contribution in [2.45, 2.75) is 94.8 Å². The standard InChI is InChI=1S/C28H36N4O/c33-28-27(30-12-5-13-30)29-25-10-1-2-11-26(25)32(28)24-17-21-8-4-9-22(18-24)31(21)23-15-19-6-3-7-20(14-19)16-23/h1-2,5,10-12,19-24H,3-4,6-9,13-18H2/t19-,20+,21-,22+,23?,24?. The third kappa shape index (κ3) is 3.38. The van der Waals surface area contributed by atoms with Gasteiger partial charge < -0.3 is 9.47 Å². The Hall–Kier alpha value is -2.14. The summed E-state index contributed by atoms with van der Waals surface area (Å²) in [6.07, 6.45) is 19.0. The highest BCUT2D eigenvalue weighted by Crippen LogP contribution is 2.47. The van der Waals surface area contributed by atoms with Crippen molar-refractivity contribution in [2.24, 2.45) is 11.8 Å². The van der Waals surface area contributed by atoms with Crippen LogP contribution in [0.3, 0.4) is 0 Å². The molecule has 0 N–H and O–H groups in total. The topological polar surface area (TPSA) is 41.4 Å². The SMILES string of the molecule is O=c1c(N2C=CC2)nc2ccccc2n1C1C[C@H]2CCC[C@@H](C1)N2C1C[C@H]2CCC[C@@H](C1)C2. The molecule has 2 saturated carbocycles. The number of para-hydroxylation sites is 2. The van der Waals surface area contributed by atoms with Crippen LogP contribution >= 0.6 is 0 Å². The summed E-state index contributed by atoms with van der Waals surface area (Å²) in [5.74, 6) is 2.54. The minimum absolute atomic E-state index is 0.0989. The molecule has 0 amide bonds. The molecule has 5 aliphatic rings. The molecule has 2 saturated heterocycles. The third-order valence-corrected chi connectivity index (χ3v) is 9.53. The summed E-state index contributed by atoms with van der Waals surface area (Å²) in [5, 5.41) is 0. The van der Waals surface area contributed by atoms with Crippen molar-refractivity contribution in [3.05, 3.63) is 46.9 Å². The number of piperidine rings is 2. The third-order valence-electron chi connectivity index (χ3n) is 9.53. The van der Waals surface area contributed by atoms with Crippen molar-refractivity contribution >= 4 is 16.9 Å². The van der Waals surface area contributed by atoms with Crippen molar-refractivity contribution in [3.63, 3.8) is 0 Å². The summed E-state index contributed by atoms with van der Waals surface area (Å²) in [4.78, 5) is 23.5. The molecule has 5 heteroatoms. The zero-order valence-corrected chi connectivity index (χ0v) is 19.6. The molecule has 5 nitrogen and oxygen atoms in total. The van der Waals surface area contributed by atoms with E-state index in [9.17, 15) is 4.79 Å². The molecule has 6 atom stereocenters. The van der Waals surface area contributed by atoms with Crippen LogP contribution in [0.1, 0.15) is 76.7 Å². The summed E-state index contributed by atoms with van der Waals surface area (Å²) in [7, 11) is 0. The Morgan fingerprint density at radius 3 is 2.18 bits per heavy atom. The molecule has 1 aromatic heterocycles. The Morgan fingerprint density at radius 2 is 1.48 bits per heavy atom. The second-order valence-corrected chi connectivity index (χ2v) is 11.5. The largest absolute Gasteiger partial charge is 0.325 e. The van der Waals surface area contributed by atoms with Crippen LogP contribution in [0.5, 0.6) is 0 Å². The molecule has 174 valence electrons. The molecule has 2 aliphatic carbocycles. The van der Waals surface area contributed by atoms with Gasteiger partial charge in [0.25, 0.3) is 5.56 Å². The number of hydrogen-bond donors (Lipinski definition) is 0. The number of hydrogen-bond acceptors (Lipinski definition) is 4. The lowest BCUT2D eigenvalue weighted by Gasteiger charge is -2.55. The molecule has 33 heavy (non-hydrogen) atoms. The molecule has 7 rings (SSSR count). The lowest BCUT2D eigenvalue weighted by molar-refractivity contribution is -0.0485. The first-order chi connectivity index (χ1) is 16.2. The molecule has 0 radical (unpaired) electrons. The Bertz CT molecular complexity index is 1110. The zero-order valence-electron chi connectivity index (χ0n) is 19.6. The highest BCUT2D eigenvalue weighted by molar-refractivity contribution is 5.77. The Labute approximate surface area is 196 Å². The van der Waals surface area contributed by atoms with Gasteiger partial charge in [0.1, 0.15) is 0 Å². The minimum Gasteiger partial charge on any atom is -0.325 e. The smallest absolute Gasteiger partial charge is 0.294 e. The van der Waals surface area contributed by atoms with E-state index in [0.29, 0.717) is 17.9 Å². The van der Waals surface area contributed by atoms with Gasteiger partial charge in [-0.2, -0.15) is 0 Å². The molecule has 1 aromatic carbocycles. The molecule has 0 spiro atoms. The van der Waals surface area contributed by atoms with E-state index >= 15 is 0 Å². The maximum absolute atomic E-state index is 13.8. The molecule has 4 bridgehead atoms. The number of anilines is 1. The number of nitrogens with zero attached hydrogens (tertiary/aromatic N) is 4. The number of rotatable bonds is 3. The van der Waals surface area contributed by atoms with Gasteiger partial charge in [0.15, 0.2) is 5.82 Å². The van der Waals surface area contributed by atoms with Crippen LogP contribution in [-0.4, -0.2) is 39.1 Å². The average molecular weight is 445 g/mol. The first-order valence-corrected chi connectivity index (χ1v) is 13.5. The van der Waals surface area contributed by atoms with Gasteiger partial charge in [0.2, 0.25) is 0 Å². The highest BCUT2D eigenvalue weighted by Gasteiger charge is 2.45. The Kier molecular flexibility index (Phi) is 4.89. The van der Waals surface area contributed by atoms with Crippen LogP contribution in [-0.2, 0) is 0 Å². The normalized spacial score (nSPS) is 36.1. The summed E-state index contributed by atoms with van der Waals surface area (Å²) in [6.45, 7) is 0.786. The predicted octanol–water partition coefficient (Wildman–Crippen LogP) is 5.26. The van der Waals surface area contributed by atoms with Gasteiger partial charge in [0, 0.05) is 36.9 Å². The maximum atomic E-state index is 13.8. The summed E-state index contributed by atoms with van der Waals surface area (Å²) in [5.41, 5.74) is 2.06. The molecule has 4 fully saturated rings. The molecule has 2 unspecified atom stereocenters. The molecular weight excluding hydrogens is 408 g/mol. The quantitative estimate of drug-likeness (QED) is 0.648. The van der Waals surface area contributed by atoms with Crippen LogP contribution in [0.15, 0.2) is 41.3 Å². The summed E-state index contributed by atoms with van der Waals surface area (Å²) in [6, 6.07) is 10.6. The lowest BCUT2D eigenvalue weighted by Crippen LogP contribution is -2.58. The van der Waals surface area contributed by atoms with E-state index in [2.05, 4.69) is 33.7 Å². The highest BCUT2D eigenvalue weighted by atomic mass is 16.1. The van der Waals surface area contributed by atoms with Crippen LogP contribution in [0, 0.1) is 11.8 Å². The minimum atomic E-state index is 0.0989. The lowest BCUT2D eigenvalue weighted by atomic mass is 9.68. The van der Waals surface area contributed by atoms with Gasteiger partial charge in [0.05, 0.1) is 11.0 Å². The number of fused-ring (bicyclic) bond motifs is 5. The van der Waals surface area contributed by atoms with Gasteiger partial charge in [-0.1, -0.05) is 37.8 Å². The van der Waals surface area contributed by atoms with E-state index < -0.39 is 0 Å². The van der Waals surface area contributed by atoms with Gasteiger partial charge in [-0.25, -0.2) is 4.98 Å². The first-order valence-electron chi connectivity index (χ1n) is 13.5. The molecule has 2 aromatic rings. The van der Waals surface area contributed by atoms with E-state index in [-0.39, 0.29) is 11.6 Å². The van der Waals surface area contributed by atoms with Gasteiger partial charge in [-0.05, 0) is 75.0 Å². The van der Waals surface area contributed by atoms with Crippen molar-refractivity contribution in [1.82, 2.24) is 14.5 Å². The summed E-state index contributed by atoms with van der Waals surface area (Å²) < 4.78 is 2.14. The molecule has 3 aliphatic heterocycles. The Balaban J connectivity index is 1.23. The van der Waals surface area contributed by atoms with E-state index in [4.69, 9.17) is 4.98 Å². The second kappa shape index (κ2) is 7.97. The second-order valence-electron chi connectivity index (χ2n) is 11.5. The Morgan fingerprint density at radius 1 is 0.788 bits per heavy atom. The van der Waals surface area contributed by atoms with E-state index in [1.54, 1.807) is 0 Å². The van der Waals surface area contributed by atoms with Crippen molar-refractivity contribution in [1.29, 1.82) is 0 Å². The van der Waals surface area contributed by atoms with Crippen molar-refractivity contribution < 1.29 is 0 Å². The monoisotopic (exact) mass is 444 g/mol. The number of aromatic nitrogens is 2. The van der Waals surface area contributed by atoms with Crippen LogP contribution in [0.25, 0.3) is 11.0 Å². The average Bonchev–Trinajstić information content (AvgIpc) is 2.77. The van der Waals surface area contributed by atoms with E-state index in [1.807, 2.05) is 17.2 Å². The first kappa shape index (κ1) is 20.3. The van der Waals surface area contributed by atoms with E-state index in [1.165, 1.54) is 57.8 Å². The van der Waals surface area contributed by atoms with E-state index in [0.717, 1.165) is 48.3 Å². The summed E-state index contributed by atoms with van der Waals surface area (Å²) >= 11 is 0. The fraction of sp³-hybridized carbons (Fsp3) is 0.643. The van der Waals surface area contributed by atoms with Crippen LogP contribution in [0.4, 0.5) is 5.82 Å².